The number of rotatable bonds is 5. The highest BCUT2D eigenvalue weighted by molar-refractivity contribution is 7.10. The number of nitrogens with one attached hydrogen (secondary N) is 1. The Morgan fingerprint density at radius 1 is 1.22 bits per heavy atom. The average molecular weight is 261 g/mol. The summed E-state index contributed by atoms with van der Waals surface area (Å²) in [5.74, 6) is 0.929. The molecule has 0 aliphatic carbocycles. The van der Waals surface area contributed by atoms with Crippen LogP contribution >= 0.6 is 11.3 Å². The van der Waals surface area contributed by atoms with Crippen LogP contribution < -0.4 is 10.1 Å². The molecule has 0 radical (unpaired) electrons. The van der Waals surface area contributed by atoms with Crippen molar-refractivity contribution in [3.63, 3.8) is 0 Å². The maximum absolute atomic E-state index is 5.47. The summed E-state index contributed by atoms with van der Waals surface area (Å²) in [5, 5.41) is 5.52. The zero-order valence-corrected chi connectivity index (χ0v) is 11.9. The Labute approximate surface area is 113 Å². The van der Waals surface area contributed by atoms with E-state index in [4.69, 9.17) is 4.74 Å². The van der Waals surface area contributed by atoms with E-state index >= 15 is 0 Å². The second-order valence-corrected chi connectivity index (χ2v) is 5.28. The summed E-state index contributed by atoms with van der Waals surface area (Å²) in [4.78, 5) is 1.36. The van der Waals surface area contributed by atoms with Crippen molar-refractivity contribution in [3.05, 3.63) is 51.7 Å². The predicted molar refractivity (Wildman–Crippen MR) is 77.6 cm³/mol. The third-order valence-corrected chi connectivity index (χ3v) is 3.88. The van der Waals surface area contributed by atoms with Gasteiger partial charge in [-0.2, -0.15) is 0 Å². The van der Waals surface area contributed by atoms with Crippen LogP contribution in [-0.2, 0) is 0 Å². The van der Waals surface area contributed by atoms with Crippen LogP contribution in [0.5, 0.6) is 5.75 Å². The van der Waals surface area contributed by atoms with Crippen molar-refractivity contribution in [2.24, 2.45) is 0 Å². The topological polar surface area (TPSA) is 21.3 Å². The molecule has 0 fully saturated rings. The minimum atomic E-state index is 0.256. The molecule has 0 spiro atoms. The first-order valence-corrected chi connectivity index (χ1v) is 7.08. The van der Waals surface area contributed by atoms with Gasteiger partial charge < -0.3 is 10.1 Å². The average Bonchev–Trinajstić information content (AvgIpc) is 2.79. The van der Waals surface area contributed by atoms with E-state index in [1.54, 1.807) is 11.3 Å². The summed E-state index contributed by atoms with van der Waals surface area (Å²) in [6.45, 7) is 4.87. The first-order chi connectivity index (χ1) is 8.76. The fourth-order valence-electron chi connectivity index (χ4n) is 2.12. The highest BCUT2D eigenvalue weighted by Crippen LogP contribution is 2.28. The molecule has 1 heterocycles. The van der Waals surface area contributed by atoms with Crippen molar-refractivity contribution in [2.75, 3.05) is 13.7 Å². The highest BCUT2D eigenvalue weighted by atomic mass is 32.1. The third kappa shape index (κ3) is 2.74. The first kappa shape index (κ1) is 13.1. The molecule has 0 aliphatic rings. The molecule has 2 rings (SSSR count). The molecule has 1 unspecified atom stereocenters. The molecular formula is C15H19NOS. The molecular weight excluding hydrogens is 242 g/mol. The Morgan fingerprint density at radius 3 is 2.44 bits per heavy atom. The monoisotopic (exact) mass is 261 g/mol. The van der Waals surface area contributed by atoms with Crippen LogP contribution in [-0.4, -0.2) is 13.7 Å². The normalized spacial score (nSPS) is 12.4. The maximum Gasteiger partial charge on any atom is 0.119 e. The van der Waals surface area contributed by atoms with Crippen molar-refractivity contribution >= 4 is 11.3 Å². The molecule has 0 amide bonds. The molecule has 0 saturated heterocycles. The number of hydrogen-bond acceptors (Lipinski definition) is 3. The van der Waals surface area contributed by atoms with Gasteiger partial charge in [-0.25, -0.2) is 0 Å². The molecule has 2 nitrogen and oxygen atoms in total. The lowest BCUT2D eigenvalue weighted by Crippen LogP contribution is -2.17. The van der Waals surface area contributed by atoms with Crippen molar-refractivity contribution in [1.29, 1.82) is 0 Å². The van der Waals surface area contributed by atoms with E-state index < -0.39 is 0 Å². The number of benzene rings is 1. The molecule has 0 bridgehead atoms. The summed E-state index contributed by atoms with van der Waals surface area (Å²) >= 11 is 1.79. The molecule has 0 saturated carbocycles. The zero-order valence-electron chi connectivity index (χ0n) is 11.1. The van der Waals surface area contributed by atoms with E-state index in [0.29, 0.717) is 6.61 Å². The van der Waals surface area contributed by atoms with Gasteiger partial charge in [-0.1, -0.05) is 12.1 Å². The van der Waals surface area contributed by atoms with Crippen molar-refractivity contribution in [1.82, 2.24) is 5.32 Å². The summed E-state index contributed by atoms with van der Waals surface area (Å²) < 4.78 is 5.47. The molecule has 18 heavy (non-hydrogen) atoms. The Balaban J connectivity index is 2.25. The molecule has 1 aromatic carbocycles. The quantitative estimate of drug-likeness (QED) is 0.884. The Hall–Kier alpha value is -1.32. The van der Waals surface area contributed by atoms with Crippen LogP contribution in [0.3, 0.4) is 0 Å². The molecule has 1 atom stereocenters. The predicted octanol–water partition coefficient (Wildman–Crippen LogP) is 3.76. The fourth-order valence-corrected chi connectivity index (χ4v) is 2.86. The Kier molecular flexibility index (Phi) is 4.39. The fraction of sp³-hybridized carbons (Fsp3) is 0.333. The smallest absolute Gasteiger partial charge is 0.119 e. The van der Waals surface area contributed by atoms with Gasteiger partial charge in [0, 0.05) is 4.88 Å². The number of ether oxygens (including phenoxy) is 1. The van der Waals surface area contributed by atoms with E-state index in [0.717, 1.165) is 5.75 Å². The zero-order chi connectivity index (χ0) is 13.0. The van der Waals surface area contributed by atoms with Crippen molar-refractivity contribution in [2.45, 2.75) is 19.9 Å². The second kappa shape index (κ2) is 6.03. The van der Waals surface area contributed by atoms with Gasteiger partial charge in [-0.3, -0.25) is 0 Å². The lowest BCUT2D eigenvalue weighted by Gasteiger charge is -2.17. The van der Waals surface area contributed by atoms with Gasteiger partial charge in [0.25, 0.3) is 0 Å². The van der Waals surface area contributed by atoms with Crippen LogP contribution in [0.4, 0.5) is 0 Å². The number of thiophene rings is 1. The Bertz CT molecular complexity index is 489. The largest absolute Gasteiger partial charge is 0.494 e. The van der Waals surface area contributed by atoms with E-state index in [2.05, 4.69) is 35.8 Å². The van der Waals surface area contributed by atoms with Gasteiger partial charge >= 0.3 is 0 Å². The van der Waals surface area contributed by atoms with Crippen LogP contribution in [0.15, 0.2) is 35.7 Å². The first-order valence-electron chi connectivity index (χ1n) is 6.20. The summed E-state index contributed by atoms with van der Waals surface area (Å²) in [6.07, 6.45) is 0. The van der Waals surface area contributed by atoms with E-state index in [9.17, 15) is 0 Å². The summed E-state index contributed by atoms with van der Waals surface area (Å²) in [6, 6.07) is 10.8. The van der Waals surface area contributed by atoms with E-state index in [1.165, 1.54) is 16.0 Å². The third-order valence-electron chi connectivity index (χ3n) is 3.02. The van der Waals surface area contributed by atoms with Crippen LogP contribution in [0.25, 0.3) is 0 Å². The van der Waals surface area contributed by atoms with Gasteiger partial charge in [0.05, 0.1) is 12.6 Å². The lowest BCUT2D eigenvalue weighted by molar-refractivity contribution is 0.340. The Morgan fingerprint density at radius 2 is 1.94 bits per heavy atom. The number of hydrogen-bond donors (Lipinski definition) is 1. The molecule has 1 N–H and O–H groups in total. The molecule has 1 aromatic heterocycles. The minimum absolute atomic E-state index is 0.256. The van der Waals surface area contributed by atoms with Gasteiger partial charge in [-0.15, -0.1) is 11.3 Å². The molecule has 96 valence electrons. The molecule has 0 aliphatic heterocycles. The van der Waals surface area contributed by atoms with Gasteiger partial charge in [-0.05, 0) is 55.6 Å². The van der Waals surface area contributed by atoms with E-state index in [1.807, 2.05) is 26.1 Å². The van der Waals surface area contributed by atoms with Crippen LogP contribution in [0, 0.1) is 6.92 Å². The van der Waals surface area contributed by atoms with Crippen molar-refractivity contribution < 1.29 is 4.74 Å². The maximum atomic E-state index is 5.47. The van der Waals surface area contributed by atoms with Crippen LogP contribution in [0.2, 0.25) is 0 Å². The number of aryl methyl sites for hydroxylation is 1. The summed E-state index contributed by atoms with van der Waals surface area (Å²) in [5.41, 5.74) is 2.62. The standard InChI is InChI=1S/C15H19NOS/c1-4-17-13-7-5-12(6-8-13)15(16-3)14-9-10-18-11(14)2/h5-10,15-16H,4H2,1-3H3. The second-order valence-electron chi connectivity index (χ2n) is 4.16. The molecule has 2 aromatic rings. The van der Waals surface area contributed by atoms with E-state index in [-0.39, 0.29) is 6.04 Å². The lowest BCUT2D eigenvalue weighted by atomic mass is 9.99. The SMILES string of the molecule is CCOc1ccc(C(NC)c2ccsc2C)cc1. The highest BCUT2D eigenvalue weighted by Gasteiger charge is 2.14. The van der Waals surface area contributed by atoms with Crippen molar-refractivity contribution in [3.8, 4) is 5.75 Å². The van der Waals surface area contributed by atoms with Gasteiger partial charge in [0.2, 0.25) is 0 Å². The molecule has 3 heteroatoms. The van der Waals surface area contributed by atoms with Gasteiger partial charge in [0.15, 0.2) is 0 Å². The summed E-state index contributed by atoms with van der Waals surface area (Å²) in [7, 11) is 2.00. The minimum Gasteiger partial charge on any atom is -0.494 e. The van der Waals surface area contributed by atoms with Crippen LogP contribution in [0.1, 0.15) is 29.0 Å². The van der Waals surface area contributed by atoms with Gasteiger partial charge in [0.1, 0.15) is 5.75 Å².